The normalized spacial score (nSPS) is 20.1. The molecule has 2 heterocycles. The molecule has 5 heteroatoms. The van der Waals surface area contributed by atoms with Crippen LogP contribution in [0, 0.1) is 6.92 Å². The first-order valence-electron chi connectivity index (χ1n) is 8.22. The molecule has 2 unspecified atom stereocenters. The van der Waals surface area contributed by atoms with Gasteiger partial charge in [0.2, 0.25) is 0 Å². The van der Waals surface area contributed by atoms with E-state index in [0.717, 1.165) is 55.4 Å². The van der Waals surface area contributed by atoms with E-state index in [1.807, 2.05) is 11.6 Å². The largest absolute Gasteiger partial charge is 0.378 e. The third kappa shape index (κ3) is 4.44. The maximum absolute atomic E-state index is 6.43. The molecule has 2 atom stereocenters. The molecule has 0 aromatic carbocycles. The summed E-state index contributed by atoms with van der Waals surface area (Å²) < 4.78 is 7.77. The molecule has 1 saturated heterocycles. The Morgan fingerprint density at radius 2 is 2.29 bits per heavy atom. The van der Waals surface area contributed by atoms with Crippen LogP contribution in [0.3, 0.4) is 0 Å². The number of hydrogen-bond acceptors (Lipinski definition) is 3. The number of nitrogens with one attached hydrogen (secondary N) is 1. The van der Waals surface area contributed by atoms with E-state index in [1.54, 1.807) is 0 Å². The van der Waals surface area contributed by atoms with Crippen LogP contribution in [0.2, 0.25) is 5.02 Å². The Labute approximate surface area is 133 Å². The molecule has 4 nitrogen and oxygen atoms in total. The molecular formula is C16H28ClN3O. The van der Waals surface area contributed by atoms with Gasteiger partial charge in [-0.2, -0.15) is 5.10 Å². The van der Waals surface area contributed by atoms with Gasteiger partial charge in [0.05, 0.1) is 22.5 Å². The first-order valence-corrected chi connectivity index (χ1v) is 8.60. The van der Waals surface area contributed by atoms with E-state index in [4.69, 9.17) is 16.3 Å². The third-order valence-electron chi connectivity index (χ3n) is 4.25. The molecule has 1 aromatic rings. The summed E-state index contributed by atoms with van der Waals surface area (Å²) in [5.74, 6) is 0. The molecule has 120 valence electrons. The summed E-state index contributed by atoms with van der Waals surface area (Å²) in [6.07, 6.45) is 6.08. The van der Waals surface area contributed by atoms with Crippen molar-refractivity contribution in [3.05, 3.63) is 16.4 Å². The van der Waals surface area contributed by atoms with E-state index in [9.17, 15) is 0 Å². The number of rotatable bonds is 8. The number of ether oxygens (including phenoxy) is 1. The van der Waals surface area contributed by atoms with Gasteiger partial charge in [0.15, 0.2) is 0 Å². The summed E-state index contributed by atoms with van der Waals surface area (Å²) in [6.45, 7) is 9.03. The molecular weight excluding hydrogens is 286 g/mol. The van der Waals surface area contributed by atoms with Crippen molar-refractivity contribution < 1.29 is 4.74 Å². The molecule has 1 fully saturated rings. The SMILES string of the molecule is CCNC(CCC1CCCO1)Cc1c(Cl)c(C)nn1CC. The molecule has 1 aromatic heterocycles. The maximum atomic E-state index is 6.43. The molecule has 0 bridgehead atoms. The molecule has 0 saturated carbocycles. The average Bonchev–Trinajstić information content (AvgIpc) is 3.08. The van der Waals surface area contributed by atoms with E-state index < -0.39 is 0 Å². The van der Waals surface area contributed by atoms with Gasteiger partial charge in [-0.3, -0.25) is 4.68 Å². The van der Waals surface area contributed by atoms with Gasteiger partial charge in [-0.05, 0) is 46.1 Å². The lowest BCUT2D eigenvalue weighted by molar-refractivity contribution is 0.0995. The predicted molar refractivity (Wildman–Crippen MR) is 87.0 cm³/mol. The lowest BCUT2D eigenvalue weighted by Crippen LogP contribution is -2.32. The Bertz CT molecular complexity index is 441. The topological polar surface area (TPSA) is 39.1 Å². The van der Waals surface area contributed by atoms with Crippen LogP contribution in [-0.2, 0) is 17.7 Å². The number of hydrogen-bond donors (Lipinski definition) is 1. The summed E-state index contributed by atoms with van der Waals surface area (Å²) in [6, 6.07) is 0.443. The Morgan fingerprint density at radius 1 is 1.48 bits per heavy atom. The summed E-state index contributed by atoms with van der Waals surface area (Å²) in [4.78, 5) is 0. The minimum absolute atomic E-state index is 0.443. The van der Waals surface area contributed by atoms with E-state index >= 15 is 0 Å². The van der Waals surface area contributed by atoms with Crippen LogP contribution >= 0.6 is 11.6 Å². The fourth-order valence-electron chi connectivity index (χ4n) is 3.12. The van der Waals surface area contributed by atoms with E-state index in [0.29, 0.717) is 12.1 Å². The van der Waals surface area contributed by atoms with Crippen LogP contribution in [0.5, 0.6) is 0 Å². The number of halogens is 1. The van der Waals surface area contributed by atoms with Crippen molar-refractivity contribution in [2.24, 2.45) is 0 Å². The number of aryl methyl sites for hydroxylation is 2. The molecule has 0 amide bonds. The van der Waals surface area contributed by atoms with E-state index in [-0.39, 0.29) is 0 Å². The first kappa shape index (κ1) is 16.8. The Balaban J connectivity index is 1.98. The molecule has 21 heavy (non-hydrogen) atoms. The van der Waals surface area contributed by atoms with Gasteiger partial charge < -0.3 is 10.1 Å². The van der Waals surface area contributed by atoms with E-state index in [2.05, 4.69) is 24.3 Å². The minimum Gasteiger partial charge on any atom is -0.378 e. The molecule has 1 N–H and O–H groups in total. The zero-order valence-electron chi connectivity index (χ0n) is 13.5. The van der Waals surface area contributed by atoms with Crippen molar-refractivity contribution in [3.63, 3.8) is 0 Å². The van der Waals surface area contributed by atoms with Gasteiger partial charge in [0.25, 0.3) is 0 Å². The van der Waals surface area contributed by atoms with Crippen LogP contribution in [0.15, 0.2) is 0 Å². The molecule has 0 radical (unpaired) electrons. The van der Waals surface area contributed by atoms with Crippen molar-refractivity contribution in [2.45, 2.75) is 71.6 Å². The smallest absolute Gasteiger partial charge is 0.0847 e. The molecule has 0 spiro atoms. The van der Waals surface area contributed by atoms with Crippen molar-refractivity contribution >= 4 is 11.6 Å². The Morgan fingerprint density at radius 3 is 2.90 bits per heavy atom. The minimum atomic E-state index is 0.443. The highest BCUT2D eigenvalue weighted by molar-refractivity contribution is 6.31. The molecule has 2 rings (SSSR count). The van der Waals surface area contributed by atoms with Crippen molar-refractivity contribution in [3.8, 4) is 0 Å². The second kappa shape index (κ2) is 8.16. The zero-order valence-corrected chi connectivity index (χ0v) is 14.2. The Kier molecular flexibility index (Phi) is 6.52. The summed E-state index contributed by atoms with van der Waals surface area (Å²) in [7, 11) is 0. The summed E-state index contributed by atoms with van der Waals surface area (Å²) in [5, 5.41) is 8.93. The van der Waals surface area contributed by atoms with Crippen molar-refractivity contribution in [2.75, 3.05) is 13.2 Å². The van der Waals surface area contributed by atoms with Gasteiger partial charge in [-0.1, -0.05) is 18.5 Å². The van der Waals surface area contributed by atoms with Crippen LogP contribution in [0.4, 0.5) is 0 Å². The van der Waals surface area contributed by atoms with Crippen LogP contribution in [0.1, 0.15) is 50.9 Å². The summed E-state index contributed by atoms with van der Waals surface area (Å²) in [5.41, 5.74) is 2.10. The molecule has 1 aliphatic rings. The molecule has 0 aliphatic carbocycles. The van der Waals surface area contributed by atoms with Gasteiger partial charge >= 0.3 is 0 Å². The van der Waals surface area contributed by atoms with Crippen molar-refractivity contribution in [1.29, 1.82) is 0 Å². The quantitative estimate of drug-likeness (QED) is 0.800. The van der Waals surface area contributed by atoms with Crippen LogP contribution in [0.25, 0.3) is 0 Å². The van der Waals surface area contributed by atoms with Gasteiger partial charge in [0.1, 0.15) is 0 Å². The maximum Gasteiger partial charge on any atom is 0.0847 e. The third-order valence-corrected chi connectivity index (χ3v) is 4.74. The lowest BCUT2D eigenvalue weighted by Gasteiger charge is -2.20. The predicted octanol–water partition coefficient (Wildman–Crippen LogP) is 3.34. The number of aromatic nitrogens is 2. The van der Waals surface area contributed by atoms with Crippen LogP contribution in [-0.4, -0.2) is 35.1 Å². The van der Waals surface area contributed by atoms with Gasteiger partial charge in [0, 0.05) is 25.6 Å². The fraction of sp³-hybridized carbons (Fsp3) is 0.812. The first-order chi connectivity index (χ1) is 10.2. The zero-order chi connectivity index (χ0) is 15.2. The highest BCUT2D eigenvalue weighted by atomic mass is 35.5. The number of nitrogens with zero attached hydrogens (tertiary/aromatic N) is 2. The monoisotopic (exact) mass is 313 g/mol. The highest BCUT2D eigenvalue weighted by Crippen LogP contribution is 2.24. The second-order valence-electron chi connectivity index (χ2n) is 5.83. The highest BCUT2D eigenvalue weighted by Gasteiger charge is 2.20. The standard InChI is InChI=1S/C16H28ClN3O/c1-4-18-13(8-9-14-7-6-10-21-14)11-15-16(17)12(3)19-20(15)5-2/h13-14,18H,4-11H2,1-3H3. The lowest BCUT2D eigenvalue weighted by atomic mass is 10.0. The van der Waals surface area contributed by atoms with Gasteiger partial charge in [-0.15, -0.1) is 0 Å². The molecule has 1 aliphatic heterocycles. The summed E-state index contributed by atoms with van der Waals surface area (Å²) >= 11 is 6.43. The van der Waals surface area contributed by atoms with E-state index in [1.165, 1.54) is 12.8 Å². The van der Waals surface area contributed by atoms with Gasteiger partial charge in [-0.25, -0.2) is 0 Å². The second-order valence-corrected chi connectivity index (χ2v) is 6.21. The Hall–Kier alpha value is -0.580. The fourth-order valence-corrected chi connectivity index (χ4v) is 3.33. The van der Waals surface area contributed by atoms with Crippen LogP contribution < -0.4 is 5.32 Å². The average molecular weight is 314 g/mol. The number of likely N-dealkylation sites (N-methyl/N-ethyl adjacent to an activating group) is 1. The van der Waals surface area contributed by atoms with Crippen molar-refractivity contribution in [1.82, 2.24) is 15.1 Å².